The summed E-state index contributed by atoms with van der Waals surface area (Å²) in [7, 11) is 0. The van der Waals surface area contributed by atoms with Gasteiger partial charge in [0.05, 0.1) is 11.9 Å². The van der Waals surface area contributed by atoms with Gasteiger partial charge in [0.1, 0.15) is 0 Å². The van der Waals surface area contributed by atoms with Crippen LogP contribution in [0.1, 0.15) is 25.0 Å². The van der Waals surface area contributed by atoms with Crippen LogP contribution in [0, 0.1) is 6.92 Å². The molecule has 1 fully saturated rings. The first-order valence-corrected chi connectivity index (χ1v) is 7.68. The van der Waals surface area contributed by atoms with Crippen LogP contribution >= 0.6 is 11.8 Å². The summed E-state index contributed by atoms with van der Waals surface area (Å²) in [4.78, 5) is 19.8. The Hall–Kier alpha value is -1.14. The van der Waals surface area contributed by atoms with Gasteiger partial charge in [-0.25, -0.2) is 9.97 Å². The number of anilines is 1. The number of amides is 1. The molecule has 1 amide bonds. The third-order valence-electron chi connectivity index (χ3n) is 2.86. The molecule has 1 N–H and O–H groups in total. The Bertz CT molecular complexity index is 422. The Morgan fingerprint density at radius 3 is 3.21 bits per heavy atom. The zero-order valence-electron chi connectivity index (χ0n) is 11.1. The van der Waals surface area contributed by atoms with E-state index in [4.69, 9.17) is 4.74 Å². The van der Waals surface area contributed by atoms with Crippen LogP contribution in [0.15, 0.2) is 12.3 Å². The Kier molecular flexibility index (Phi) is 5.60. The van der Waals surface area contributed by atoms with Crippen LogP contribution in [0.5, 0.6) is 0 Å². The highest BCUT2D eigenvalue weighted by atomic mass is 32.2. The summed E-state index contributed by atoms with van der Waals surface area (Å²) in [5.41, 5.74) is 0.841. The largest absolute Gasteiger partial charge is 0.377 e. The Labute approximate surface area is 117 Å². The van der Waals surface area contributed by atoms with Crippen molar-refractivity contribution in [1.29, 1.82) is 0 Å². The number of carbonyl (C=O) groups excluding carboxylic acids is 1. The second-order valence-electron chi connectivity index (χ2n) is 4.57. The van der Waals surface area contributed by atoms with E-state index in [0.29, 0.717) is 17.8 Å². The summed E-state index contributed by atoms with van der Waals surface area (Å²) in [5, 5.41) is 2.70. The molecule has 19 heavy (non-hydrogen) atoms. The van der Waals surface area contributed by atoms with Gasteiger partial charge in [-0.2, -0.15) is 0 Å². The van der Waals surface area contributed by atoms with Crippen LogP contribution in [0.4, 0.5) is 5.95 Å². The van der Waals surface area contributed by atoms with E-state index < -0.39 is 0 Å². The molecule has 1 atom stereocenters. The molecule has 0 radical (unpaired) electrons. The number of thioether (sulfide) groups is 1. The van der Waals surface area contributed by atoms with Crippen molar-refractivity contribution in [3.05, 3.63) is 18.0 Å². The predicted molar refractivity (Wildman–Crippen MR) is 76.3 cm³/mol. The van der Waals surface area contributed by atoms with Gasteiger partial charge in [-0.3, -0.25) is 10.1 Å². The quantitative estimate of drug-likeness (QED) is 0.894. The van der Waals surface area contributed by atoms with E-state index >= 15 is 0 Å². The van der Waals surface area contributed by atoms with Gasteiger partial charge in [0.2, 0.25) is 11.9 Å². The molecule has 1 saturated heterocycles. The molecule has 6 heteroatoms. The van der Waals surface area contributed by atoms with Gasteiger partial charge in [0.15, 0.2) is 0 Å². The normalized spacial score (nSPS) is 19.1. The maximum Gasteiger partial charge on any atom is 0.236 e. The number of ether oxygens (including phenoxy) is 1. The minimum absolute atomic E-state index is 0.0635. The average Bonchev–Trinajstić information content (AvgIpc) is 2.40. The Balaban J connectivity index is 1.67. The smallest absolute Gasteiger partial charge is 0.236 e. The predicted octanol–water partition coefficient (Wildman–Crippen LogP) is 2.03. The zero-order valence-corrected chi connectivity index (χ0v) is 11.9. The van der Waals surface area contributed by atoms with E-state index in [1.54, 1.807) is 24.0 Å². The third kappa shape index (κ3) is 5.16. The van der Waals surface area contributed by atoms with Crippen molar-refractivity contribution >= 4 is 23.6 Å². The highest BCUT2D eigenvalue weighted by Crippen LogP contribution is 2.17. The number of nitrogens with zero attached hydrogens (tertiary/aromatic N) is 2. The maximum absolute atomic E-state index is 11.7. The van der Waals surface area contributed by atoms with Gasteiger partial charge in [-0.1, -0.05) is 0 Å². The fourth-order valence-electron chi connectivity index (χ4n) is 1.89. The molecule has 0 unspecified atom stereocenters. The van der Waals surface area contributed by atoms with Crippen molar-refractivity contribution in [3.63, 3.8) is 0 Å². The summed E-state index contributed by atoms with van der Waals surface area (Å²) in [6.07, 6.45) is 5.44. The lowest BCUT2D eigenvalue weighted by molar-refractivity contribution is -0.113. The number of hydrogen-bond donors (Lipinski definition) is 1. The minimum atomic E-state index is -0.0635. The fourth-order valence-corrected chi connectivity index (χ4v) is 2.79. The lowest BCUT2D eigenvalue weighted by Gasteiger charge is -2.21. The Morgan fingerprint density at radius 1 is 1.58 bits per heavy atom. The first-order chi connectivity index (χ1) is 9.24. The molecule has 1 aromatic heterocycles. The van der Waals surface area contributed by atoms with Gasteiger partial charge in [0.25, 0.3) is 0 Å². The number of carbonyl (C=O) groups is 1. The maximum atomic E-state index is 11.7. The SMILES string of the molecule is Cc1ccnc(NC(=O)CSC[C@H]2CCCCO2)n1. The number of aryl methyl sites for hydroxylation is 1. The summed E-state index contributed by atoms with van der Waals surface area (Å²) in [6, 6.07) is 1.80. The van der Waals surface area contributed by atoms with Crippen molar-refractivity contribution in [2.24, 2.45) is 0 Å². The molecule has 1 aliphatic rings. The zero-order chi connectivity index (χ0) is 13.5. The Morgan fingerprint density at radius 2 is 2.47 bits per heavy atom. The summed E-state index contributed by atoms with van der Waals surface area (Å²) < 4.78 is 5.62. The molecule has 5 nitrogen and oxygen atoms in total. The lowest BCUT2D eigenvalue weighted by atomic mass is 10.1. The summed E-state index contributed by atoms with van der Waals surface area (Å²) in [5.74, 6) is 1.60. The van der Waals surface area contributed by atoms with Crippen molar-refractivity contribution in [1.82, 2.24) is 9.97 Å². The molecule has 2 heterocycles. The van der Waals surface area contributed by atoms with Gasteiger partial charge in [0, 0.05) is 24.3 Å². The number of rotatable bonds is 5. The molecular weight excluding hydrogens is 262 g/mol. The summed E-state index contributed by atoms with van der Waals surface area (Å²) in [6.45, 7) is 2.72. The van der Waals surface area contributed by atoms with E-state index in [0.717, 1.165) is 30.9 Å². The molecule has 1 aromatic rings. The third-order valence-corrected chi connectivity index (χ3v) is 3.93. The minimum Gasteiger partial charge on any atom is -0.377 e. The van der Waals surface area contributed by atoms with Crippen molar-refractivity contribution in [2.45, 2.75) is 32.3 Å². The molecular formula is C13H19N3O2S. The van der Waals surface area contributed by atoms with Crippen molar-refractivity contribution in [3.8, 4) is 0 Å². The molecule has 0 bridgehead atoms. The van der Waals surface area contributed by atoms with Crippen LogP contribution in [0.2, 0.25) is 0 Å². The standard InChI is InChI=1S/C13H19N3O2S/c1-10-5-6-14-13(15-10)16-12(17)9-19-8-11-4-2-3-7-18-11/h5-6,11H,2-4,7-9H2,1H3,(H,14,15,16,17)/t11-/m1/s1. The molecule has 0 aliphatic carbocycles. The topological polar surface area (TPSA) is 64.1 Å². The second-order valence-corrected chi connectivity index (χ2v) is 5.60. The van der Waals surface area contributed by atoms with E-state index in [1.807, 2.05) is 6.92 Å². The number of hydrogen-bond acceptors (Lipinski definition) is 5. The monoisotopic (exact) mass is 281 g/mol. The van der Waals surface area contributed by atoms with Crippen LogP contribution in [-0.4, -0.2) is 40.1 Å². The van der Waals surface area contributed by atoms with Crippen LogP contribution < -0.4 is 5.32 Å². The fraction of sp³-hybridized carbons (Fsp3) is 0.615. The van der Waals surface area contributed by atoms with Crippen molar-refractivity contribution in [2.75, 3.05) is 23.4 Å². The highest BCUT2D eigenvalue weighted by Gasteiger charge is 2.14. The number of aromatic nitrogens is 2. The van der Waals surface area contributed by atoms with Crippen LogP contribution in [0.3, 0.4) is 0 Å². The van der Waals surface area contributed by atoms with E-state index in [-0.39, 0.29) is 5.91 Å². The van der Waals surface area contributed by atoms with Gasteiger partial charge < -0.3 is 4.74 Å². The molecule has 104 valence electrons. The molecule has 0 aromatic carbocycles. The number of nitrogens with one attached hydrogen (secondary N) is 1. The first-order valence-electron chi connectivity index (χ1n) is 6.53. The van der Waals surface area contributed by atoms with E-state index in [9.17, 15) is 4.79 Å². The van der Waals surface area contributed by atoms with Crippen LogP contribution in [-0.2, 0) is 9.53 Å². The van der Waals surface area contributed by atoms with E-state index in [1.165, 1.54) is 6.42 Å². The van der Waals surface area contributed by atoms with E-state index in [2.05, 4.69) is 15.3 Å². The van der Waals surface area contributed by atoms with Crippen molar-refractivity contribution < 1.29 is 9.53 Å². The molecule has 1 aliphatic heterocycles. The first kappa shape index (κ1) is 14.3. The summed E-state index contributed by atoms with van der Waals surface area (Å²) >= 11 is 1.60. The average molecular weight is 281 g/mol. The van der Waals surface area contributed by atoms with Gasteiger partial charge in [-0.15, -0.1) is 11.8 Å². The lowest BCUT2D eigenvalue weighted by Crippen LogP contribution is -2.23. The second kappa shape index (κ2) is 7.45. The highest BCUT2D eigenvalue weighted by molar-refractivity contribution is 8.00. The van der Waals surface area contributed by atoms with Gasteiger partial charge >= 0.3 is 0 Å². The molecule has 0 saturated carbocycles. The van der Waals surface area contributed by atoms with Crippen LogP contribution in [0.25, 0.3) is 0 Å². The molecule has 2 rings (SSSR count). The van der Waals surface area contributed by atoms with Gasteiger partial charge in [-0.05, 0) is 32.3 Å². The molecule has 0 spiro atoms.